The van der Waals surface area contributed by atoms with Gasteiger partial charge in [0.15, 0.2) is 4.80 Å². The molecule has 0 atom stereocenters. The lowest BCUT2D eigenvalue weighted by Gasteiger charge is -2.20. The van der Waals surface area contributed by atoms with Crippen LogP contribution >= 0.6 is 11.3 Å². The number of hydrogen-bond donors (Lipinski definition) is 0. The highest BCUT2D eigenvalue weighted by atomic mass is 32.2. The van der Waals surface area contributed by atoms with Crippen LogP contribution in [0.25, 0.3) is 16.9 Å². The number of sulfonamides is 1. The maximum Gasteiger partial charge on any atom is 0.243 e. The van der Waals surface area contributed by atoms with Crippen LogP contribution in [0.3, 0.4) is 0 Å². The first kappa shape index (κ1) is 24.7. The third-order valence-corrected chi connectivity index (χ3v) is 9.35. The number of nitrogens with zero attached hydrogens (tertiary/aromatic N) is 3. The van der Waals surface area contributed by atoms with E-state index in [1.165, 1.54) is 11.1 Å². The molecule has 1 aliphatic rings. The molecule has 5 rings (SSSR count). The zero-order valence-corrected chi connectivity index (χ0v) is 22.4. The second-order valence-corrected chi connectivity index (χ2v) is 12.1. The largest absolute Gasteiger partial charge is 0.285 e. The molecule has 1 aromatic heterocycles. The van der Waals surface area contributed by atoms with E-state index < -0.39 is 10.0 Å². The van der Waals surface area contributed by atoms with Crippen molar-refractivity contribution in [3.63, 3.8) is 0 Å². The van der Waals surface area contributed by atoms with E-state index in [-0.39, 0.29) is 0 Å². The minimum absolute atomic E-state index is 0.356. The van der Waals surface area contributed by atoms with E-state index in [1.54, 1.807) is 27.8 Å². The van der Waals surface area contributed by atoms with Gasteiger partial charge in [-0.3, -0.25) is 4.57 Å². The van der Waals surface area contributed by atoms with Crippen LogP contribution in [0.2, 0.25) is 0 Å². The lowest BCUT2D eigenvalue weighted by molar-refractivity contribution is 0.424. The van der Waals surface area contributed by atoms with Crippen molar-refractivity contribution in [3.8, 4) is 16.9 Å². The molecule has 1 saturated heterocycles. The number of benzene rings is 3. The maximum atomic E-state index is 13.2. The summed E-state index contributed by atoms with van der Waals surface area (Å²) in [4.78, 5) is 6.15. The molecule has 0 spiro atoms. The van der Waals surface area contributed by atoms with Gasteiger partial charge in [-0.1, -0.05) is 60.4 Å². The highest BCUT2D eigenvalue weighted by molar-refractivity contribution is 7.89. The van der Waals surface area contributed by atoms with Crippen molar-refractivity contribution >= 4 is 27.0 Å². The molecular weight excluding hydrogens is 486 g/mol. The van der Waals surface area contributed by atoms with Gasteiger partial charge in [-0.2, -0.15) is 4.31 Å². The molecule has 3 aromatic carbocycles. The van der Waals surface area contributed by atoms with Gasteiger partial charge >= 0.3 is 0 Å². The molecule has 7 heteroatoms. The summed E-state index contributed by atoms with van der Waals surface area (Å²) in [6.07, 6.45) is 4.04. The van der Waals surface area contributed by atoms with Gasteiger partial charge in [-0.25, -0.2) is 13.4 Å². The lowest BCUT2D eigenvalue weighted by atomic mass is 10.1. The van der Waals surface area contributed by atoms with Gasteiger partial charge < -0.3 is 0 Å². The van der Waals surface area contributed by atoms with Crippen LogP contribution in [0.5, 0.6) is 0 Å². The van der Waals surface area contributed by atoms with Crippen LogP contribution < -0.4 is 4.80 Å². The van der Waals surface area contributed by atoms with E-state index in [0.29, 0.717) is 18.0 Å². The molecular formula is C29H31N3O2S2. The second-order valence-electron chi connectivity index (χ2n) is 9.36. The molecule has 5 nitrogen and oxygen atoms in total. The Morgan fingerprint density at radius 2 is 1.33 bits per heavy atom. The van der Waals surface area contributed by atoms with Crippen molar-refractivity contribution in [1.82, 2.24) is 8.87 Å². The van der Waals surface area contributed by atoms with Gasteiger partial charge in [0.1, 0.15) is 0 Å². The van der Waals surface area contributed by atoms with E-state index in [9.17, 15) is 8.42 Å². The van der Waals surface area contributed by atoms with Crippen LogP contribution in [0.15, 0.2) is 88.1 Å². The summed E-state index contributed by atoms with van der Waals surface area (Å²) in [7, 11) is -3.48. The topological polar surface area (TPSA) is 54.7 Å². The smallest absolute Gasteiger partial charge is 0.243 e. The van der Waals surface area contributed by atoms with E-state index in [4.69, 9.17) is 4.99 Å². The minimum atomic E-state index is -3.48. The SMILES string of the molecule is Cc1ccc(N=c2scc(-c3ccc(S(=O)(=O)N4CCCCCC4)cc3)n2-c2ccc(C)cc2)cc1. The summed E-state index contributed by atoms with van der Waals surface area (Å²) < 4.78 is 30.3. The van der Waals surface area contributed by atoms with Crippen LogP contribution in [0.4, 0.5) is 5.69 Å². The van der Waals surface area contributed by atoms with Gasteiger partial charge in [0.2, 0.25) is 10.0 Å². The van der Waals surface area contributed by atoms with Crippen LogP contribution in [0.1, 0.15) is 36.8 Å². The van der Waals surface area contributed by atoms with Crippen LogP contribution in [-0.2, 0) is 10.0 Å². The molecule has 0 N–H and O–H groups in total. The fourth-order valence-corrected chi connectivity index (χ4v) is 6.94. The molecule has 0 unspecified atom stereocenters. The van der Waals surface area contributed by atoms with E-state index in [1.807, 2.05) is 24.3 Å². The molecule has 0 amide bonds. The average molecular weight is 518 g/mol. The number of aryl methyl sites for hydroxylation is 2. The number of rotatable bonds is 5. The quantitative estimate of drug-likeness (QED) is 0.299. The Bertz CT molecular complexity index is 1490. The van der Waals surface area contributed by atoms with E-state index in [2.05, 4.69) is 60.2 Å². The molecule has 0 bridgehead atoms. The fraction of sp³-hybridized carbons (Fsp3) is 0.276. The Kier molecular flexibility index (Phi) is 7.23. The zero-order valence-electron chi connectivity index (χ0n) is 20.7. The predicted molar refractivity (Wildman–Crippen MR) is 147 cm³/mol. The third kappa shape index (κ3) is 5.24. The maximum absolute atomic E-state index is 13.2. The summed E-state index contributed by atoms with van der Waals surface area (Å²) in [6, 6.07) is 23.9. The number of thiazole rings is 1. The number of aromatic nitrogens is 1. The first-order valence-corrected chi connectivity index (χ1v) is 14.7. The molecule has 36 heavy (non-hydrogen) atoms. The third-order valence-electron chi connectivity index (χ3n) is 6.61. The molecule has 2 heterocycles. The van der Waals surface area contributed by atoms with Crippen molar-refractivity contribution in [2.75, 3.05) is 13.1 Å². The van der Waals surface area contributed by atoms with Crippen LogP contribution in [-0.4, -0.2) is 30.4 Å². The summed E-state index contributed by atoms with van der Waals surface area (Å²) >= 11 is 1.57. The summed E-state index contributed by atoms with van der Waals surface area (Å²) in [5.41, 5.74) is 6.23. The van der Waals surface area contributed by atoms with Gasteiger partial charge in [-0.05, 0) is 68.7 Å². The summed E-state index contributed by atoms with van der Waals surface area (Å²) in [5, 5.41) is 2.09. The Labute approximate surface area is 217 Å². The molecule has 0 aliphatic carbocycles. The first-order chi connectivity index (χ1) is 17.4. The fourth-order valence-electron chi connectivity index (χ4n) is 4.49. The predicted octanol–water partition coefficient (Wildman–Crippen LogP) is 6.62. The molecule has 0 radical (unpaired) electrons. The van der Waals surface area contributed by atoms with E-state index in [0.717, 1.165) is 53.1 Å². The van der Waals surface area contributed by atoms with Crippen LogP contribution in [0, 0.1) is 13.8 Å². The van der Waals surface area contributed by atoms with Crippen molar-refractivity contribution in [3.05, 3.63) is 94.1 Å². The van der Waals surface area contributed by atoms with E-state index >= 15 is 0 Å². The monoisotopic (exact) mass is 517 g/mol. The highest BCUT2D eigenvalue weighted by Crippen LogP contribution is 2.27. The molecule has 186 valence electrons. The molecule has 1 aliphatic heterocycles. The normalized spacial score (nSPS) is 15.7. The Balaban J connectivity index is 1.56. The first-order valence-electron chi connectivity index (χ1n) is 12.4. The lowest BCUT2D eigenvalue weighted by Crippen LogP contribution is -2.31. The highest BCUT2D eigenvalue weighted by Gasteiger charge is 2.25. The zero-order chi connectivity index (χ0) is 25.1. The molecule has 0 saturated carbocycles. The van der Waals surface area contributed by atoms with Gasteiger partial charge in [0.25, 0.3) is 0 Å². The summed E-state index contributed by atoms with van der Waals surface area (Å²) in [5.74, 6) is 0. The van der Waals surface area contributed by atoms with Crippen molar-refractivity contribution in [1.29, 1.82) is 0 Å². The summed E-state index contributed by atoms with van der Waals surface area (Å²) in [6.45, 7) is 5.35. The average Bonchev–Trinajstić information content (AvgIpc) is 3.09. The molecule has 4 aromatic rings. The number of hydrogen-bond acceptors (Lipinski definition) is 4. The van der Waals surface area contributed by atoms with Gasteiger partial charge in [0.05, 0.1) is 16.3 Å². The van der Waals surface area contributed by atoms with Crippen molar-refractivity contribution < 1.29 is 8.42 Å². The second kappa shape index (κ2) is 10.5. The Morgan fingerprint density at radius 1 is 0.750 bits per heavy atom. The van der Waals surface area contributed by atoms with Gasteiger partial charge in [-0.15, -0.1) is 11.3 Å². The Hall–Kier alpha value is -3.00. The van der Waals surface area contributed by atoms with Crippen molar-refractivity contribution in [2.24, 2.45) is 4.99 Å². The van der Waals surface area contributed by atoms with Gasteiger partial charge in [0, 0.05) is 24.2 Å². The minimum Gasteiger partial charge on any atom is -0.285 e. The standard InChI is InChI=1S/C29H31N3O2S2/c1-22-7-13-25(14-8-22)30-29-32(26-15-9-23(2)10-16-26)28(21-35-29)24-11-17-27(18-12-24)36(33,34)31-19-5-3-4-6-20-31/h7-18,21H,3-6,19-20H2,1-2H3. The Morgan fingerprint density at radius 3 is 1.94 bits per heavy atom. The molecule has 1 fully saturated rings. The van der Waals surface area contributed by atoms with Crippen molar-refractivity contribution in [2.45, 2.75) is 44.4 Å².